The summed E-state index contributed by atoms with van der Waals surface area (Å²) in [6, 6.07) is 8.31. The van der Waals surface area contributed by atoms with Gasteiger partial charge in [0.2, 0.25) is 11.8 Å². The van der Waals surface area contributed by atoms with Crippen LogP contribution < -0.4 is 5.32 Å². The molecule has 6 heteroatoms. The van der Waals surface area contributed by atoms with Gasteiger partial charge in [0.05, 0.1) is 5.75 Å². The van der Waals surface area contributed by atoms with Crippen LogP contribution >= 0.6 is 11.8 Å². The van der Waals surface area contributed by atoms with E-state index in [-0.39, 0.29) is 5.91 Å². The van der Waals surface area contributed by atoms with Crippen molar-refractivity contribution in [1.29, 1.82) is 0 Å². The zero-order valence-electron chi connectivity index (χ0n) is 13.7. The van der Waals surface area contributed by atoms with Crippen molar-refractivity contribution in [3.05, 3.63) is 29.8 Å². The summed E-state index contributed by atoms with van der Waals surface area (Å²) < 4.78 is 5.66. The third kappa shape index (κ3) is 3.34. The maximum Gasteiger partial charge on any atom is 0.277 e. The van der Waals surface area contributed by atoms with Crippen molar-refractivity contribution >= 4 is 17.7 Å². The van der Waals surface area contributed by atoms with E-state index in [9.17, 15) is 4.79 Å². The van der Waals surface area contributed by atoms with Crippen molar-refractivity contribution in [2.75, 3.05) is 5.75 Å². The zero-order valence-corrected chi connectivity index (χ0v) is 14.5. The quantitative estimate of drug-likeness (QED) is 0.842. The maximum atomic E-state index is 12.1. The number of thioether (sulfide) groups is 1. The fourth-order valence-electron chi connectivity index (χ4n) is 3.96. The largest absolute Gasteiger partial charge is 0.411 e. The fourth-order valence-corrected chi connectivity index (χ4v) is 4.53. The van der Waals surface area contributed by atoms with Crippen LogP contribution in [0.5, 0.6) is 0 Å². The number of amides is 1. The average Bonchev–Trinajstić information content (AvgIpc) is 3.29. The molecule has 5 nitrogen and oxygen atoms in total. The molecule has 1 aromatic carbocycles. The second-order valence-corrected chi connectivity index (χ2v) is 7.81. The molecule has 2 fully saturated rings. The SMILES string of the molecule is Cc1cccc(-c2nnc(SCC(=O)N[C@H]3C[C@@H]4CC[C@@H]3C4)o2)c1. The lowest BCUT2D eigenvalue weighted by atomic mass is 9.95. The van der Waals surface area contributed by atoms with E-state index >= 15 is 0 Å². The van der Waals surface area contributed by atoms with Crippen molar-refractivity contribution < 1.29 is 9.21 Å². The highest BCUT2D eigenvalue weighted by Gasteiger charge is 2.40. The number of fused-ring (bicyclic) bond motifs is 2. The Balaban J connectivity index is 1.31. The highest BCUT2D eigenvalue weighted by Crippen LogP contribution is 2.44. The van der Waals surface area contributed by atoms with Crippen LogP contribution in [0.25, 0.3) is 11.5 Å². The highest BCUT2D eigenvalue weighted by molar-refractivity contribution is 7.99. The molecule has 0 unspecified atom stereocenters. The molecule has 2 bridgehead atoms. The smallest absolute Gasteiger partial charge is 0.277 e. The minimum atomic E-state index is 0.0628. The summed E-state index contributed by atoms with van der Waals surface area (Å²) in [5.41, 5.74) is 2.05. The van der Waals surface area contributed by atoms with Gasteiger partial charge in [-0.2, -0.15) is 0 Å². The molecule has 0 spiro atoms. The van der Waals surface area contributed by atoms with Gasteiger partial charge in [-0.15, -0.1) is 10.2 Å². The van der Waals surface area contributed by atoms with Crippen LogP contribution in [0, 0.1) is 18.8 Å². The number of hydrogen-bond acceptors (Lipinski definition) is 5. The first-order valence-electron chi connectivity index (χ1n) is 8.50. The van der Waals surface area contributed by atoms with Gasteiger partial charge in [-0.25, -0.2) is 0 Å². The van der Waals surface area contributed by atoms with E-state index in [1.54, 1.807) is 0 Å². The summed E-state index contributed by atoms with van der Waals surface area (Å²) in [6.45, 7) is 2.02. The first-order valence-corrected chi connectivity index (χ1v) is 9.48. The van der Waals surface area contributed by atoms with Gasteiger partial charge in [0, 0.05) is 11.6 Å². The Morgan fingerprint density at radius 1 is 1.33 bits per heavy atom. The molecule has 2 aromatic rings. The summed E-state index contributed by atoms with van der Waals surface area (Å²) in [7, 11) is 0. The third-order valence-corrected chi connectivity index (χ3v) is 5.90. The lowest BCUT2D eigenvalue weighted by molar-refractivity contribution is -0.119. The van der Waals surface area contributed by atoms with Gasteiger partial charge in [0.1, 0.15) is 0 Å². The molecule has 0 saturated heterocycles. The monoisotopic (exact) mass is 343 g/mol. The molecule has 2 saturated carbocycles. The number of rotatable bonds is 5. The molecule has 0 aliphatic heterocycles. The Kier molecular flexibility index (Phi) is 4.31. The van der Waals surface area contributed by atoms with Crippen LogP contribution in [0.15, 0.2) is 33.9 Å². The van der Waals surface area contributed by atoms with Gasteiger partial charge >= 0.3 is 0 Å². The van der Waals surface area contributed by atoms with Crippen LogP contribution in [-0.2, 0) is 4.79 Å². The maximum absolute atomic E-state index is 12.1. The number of carbonyl (C=O) groups is 1. The second kappa shape index (κ2) is 6.59. The molecule has 1 N–H and O–H groups in total. The van der Waals surface area contributed by atoms with Crippen LogP contribution in [0.3, 0.4) is 0 Å². The number of aryl methyl sites for hydroxylation is 1. The van der Waals surface area contributed by atoms with Crippen LogP contribution in [0.2, 0.25) is 0 Å². The van der Waals surface area contributed by atoms with Crippen molar-refractivity contribution in [3.63, 3.8) is 0 Å². The molecule has 2 aliphatic carbocycles. The number of carbonyl (C=O) groups excluding carboxylic acids is 1. The summed E-state index contributed by atoms with van der Waals surface area (Å²) in [5.74, 6) is 2.41. The first-order chi connectivity index (χ1) is 11.7. The lowest BCUT2D eigenvalue weighted by Crippen LogP contribution is -2.39. The number of nitrogens with one attached hydrogen (secondary N) is 1. The topological polar surface area (TPSA) is 68.0 Å². The number of aromatic nitrogens is 2. The van der Waals surface area contributed by atoms with Crippen LogP contribution in [0.1, 0.15) is 31.2 Å². The van der Waals surface area contributed by atoms with Gasteiger partial charge in [-0.05, 0) is 50.2 Å². The Morgan fingerprint density at radius 2 is 2.25 bits per heavy atom. The molecule has 3 atom stereocenters. The number of hydrogen-bond donors (Lipinski definition) is 1. The summed E-state index contributed by atoms with van der Waals surface area (Å²) >= 11 is 1.30. The van der Waals surface area contributed by atoms with Crippen molar-refractivity contribution in [2.24, 2.45) is 11.8 Å². The Bertz CT molecular complexity index is 745. The summed E-state index contributed by atoms with van der Waals surface area (Å²) in [6.07, 6.45) is 5.06. The first kappa shape index (κ1) is 15.7. The van der Waals surface area contributed by atoms with Crippen molar-refractivity contribution in [3.8, 4) is 11.5 Å². The van der Waals surface area contributed by atoms with Crippen LogP contribution in [-0.4, -0.2) is 27.9 Å². The van der Waals surface area contributed by atoms with E-state index in [1.165, 1.54) is 31.0 Å². The van der Waals surface area contributed by atoms with E-state index in [2.05, 4.69) is 15.5 Å². The fraction of sp³-hybridized carbons (Fsp3) is 0.500. The molecular weight excluding hydrogens is 322 g/mol. The number of nitrogens with zero attached hydrogens (tertiary/aromatic N) is 2. The van der Waals surface area contributed by atoms with Crippen molar-refractivity contribution in [2.45, 2.75) is 43.9 Å². The van der Waals surface area contributed by atoms with Crippen molar-refractivity contribution in [1.82, 2.24) is 15.5 Å². The predicted octanol–water partition coefficient (Wildman–Crippen LogP) is 3.44. The number of benzene rings is 1. The highest BCUT2D eigenvalue weighted by atomic mass is 32.2. The molecular formula is C18H21N3O2S. The average molecular weight is 343 g/mol. The molecule has 1 aromatic heterocycles. The lowest BCUT2D eigenvalue weighted by Gasteiger charge is -2.22. The molecule has 4 rings (SSSR count). The molecule has 1 amide bonds. The Hall–Kier alpha value is -1.82. The van der Waals surface area contributed by atoms with Gasteiger partial charge < -0.3 is 9.73 Å². The minimum absolute atomic E-state index is 0.0628. The minimum Gasteiger partial charge on any atom is -0.411 e. The van der Waals surface area contributed by atoms with E-state index in [4.69, 9.17) is 4.42 Å². The van der Waals surface area contributed by atoms with Gasteiger partial charge in [-0.1, -0.05) is 35.9 Å². The zero-order chi connectivity index (χ0) is 16.5. The molecule has 0 radical (unpaired) electrons. The van der Waals surface area contributed by atoms with Gasteiger partial charge in [0.25, 0.3) is 5.22 Å². The predicted molar refractivity (Wildman–Crippen MR) is 92.6 cm³/mol. The molecule has 2 aliphatic rings. The van der Waals surface area contributed by atoms with E-state index in [0.717, 1.165) is 23.5 Å². The Morgan fingerprint density at radius 3 is 3.00 bits per heavy atom. The molecule has 24 heavy (non-hydrogen) atoms. The van der Waals surface area contributed by atoms with E-state index < -0.39 is 0 Å². The summed E-state index contributed by atoms with van der Waals surface area (Å²) in [5, 5.41) is 11.7. The summed E-state index contributed by atoms with van der Waals surface area (Å²) in [4.78, 5) is 12.1. The van der Waals surface area contributed by atoms with Gasteiger partial charge in [0.15, 0.2) is 0 Å². The van der Waals surface area contributed by atoms with E-state index in [0.29, 0.717) is 28.8 Å². The molecule has 126 valence electrons. The van der Waals surface area contributed by atoms with E-state index in [1.807, 2.05) is 31.2 Å². The molecule has 1 heterocycles. The van der Waals surface area contributed by atoms with Crippen LogP contribution in [0.4, 0.5) is 0 Å². The second-order valence-electron chi connectivity index (χ2n) is 6.88. The normalized spacial score (nSPS) is 25.1. The van der Waals surface area contributed by atoms with Gasteiger partial charge in [-0.3, -0.25) is 4.79 Å². The third-order valence-electron chi connectivity index (χ3n) is 5.08. The standard InChI is InChI=1S/C18H21N3O2S/c1-11-3-2-4-14(7-11)17-20-21-18(23-17)24-10-16(22)19-15-9-12-5-6-13(15)8-12/h2-4,7,12-13,15H,5-6,8-10H2,1H3,(H,19,22)/t12-,13-,15+/m1/s1. The Labute approximate surface area is 145 Å².